The van der Waals surface area contributed by atoms with Crippen LogP contribution in [0.2, 0.25) is 0 Å². The van der Waals surface area contributed by atoms with Gasteiger partial charge in [-0.3, -0.25) is 9.97 Å². The molecule has 39 heavy (non-hydrogen) atoms. The van der Waals surface area contributed by atoms with Crippen LogP contribution in [-0.4, -0.2) is 21.5 Å². The number of nitrogens with zero attached hydrogens (tertiary/aromatic N) is 3. The van der Waals surface area contributed by atoms with E-state index in [-0.39, 0.29) is 5.92 Å². The predicted octanol–water partition coefficient (Wildman–Crippen LogP) is 8.37. The van der Waals surface area contributed by atoms with Crippen molar-refractivity contribution >= 4 is 55.2 Å². The molecule has 184 valence electrons. The molecule has 4 heterocycles. The SMILES string of the molecule is C1=CC(c2ccc3ccc(-c4ccc5ccc6cccnc6c5n4)cc3c2)CNc2c1ccc1cccnc21. The number of benzene rings is 4. The summed E-state index contributed by atoms with van der Waals surface area (Å²) in [6.45, 7) is 0.816. The van der Waals surface area contributed by atoms with Crippen molar-refractivity contribution < 1.29 is 0 Å². The molecule has 4 nitrogen and oxygen atoms in total. The second-order valence-electron chi connectivity index (χ2n) is 10.2. The smallest absolute Gasteiger partial charge is 0.0972 e. The van der Waals surface area contributed by atoms with E-state index < -0.39 is 0 Å². The van der Waals surface area contributed by atoms with Crippen molar-refractivity contribution in [3.8, 4) is 11.3 Å². The lowest BCUT2D eigenvalue weighted by Gasteiger charge is -2.15. The Balaban J connectivity index is 1.16. The maximum Gasteiger partial charge on any atom is 0.0972 e. The molecule has 1 aliphatic rings. The van der Waals surface area contributed by atoms with Crippen molar-refractivity contribution in [3.05, 3.63) is 127 Å². The third kappa shape index (κ3) is 3.72. The van der Waals surface area contributed by atoms with Gasteiger partial charge in [-0.15, -0.1) is 0 Å². The number of hydrogen-bond acceptors (Lipinski definition) is 4. The number of pyridine rings is 3. The fourth-order valence-corrected chi connectivity index (χ4v) is 5.75. The minimum absolute atomic E-state index is 0.250. The third-order valence-electron chi connectivity index (χ3n) is 7.83. The average Bonchev–Trinajstić information content (AvgIpc) is 3.23. The molecule has 0 saturated heterocycles. The van der Waals surface area contributed by atoms with Gasteiger partial charge in [-0.1, -0.05) is 84.9 Å². The summed E-state index contributed by atoms with van der Waals surface area (Å²) >= 11 is 0. The Labute approximate surface area is 225 Å². The Hall–Kier alpha value is -5.09. The Bertz CT molecular complexity index is 2090. The first kappa shape index (κ1) is 21.9. The van der Waals surface area contributed by atoms with Crippen molar-refractivity contribution in [2.24, 2.45) is 0 Å². The molecule has 0 aliphatic carbocycles. The third-order valence-corrected chi connectivity index (χ3v) is 7.83. The van der Waals surface area contributed by atoms with Gasteiger partial charge >= 0.3 is 0 Å². The van der Waals surface area contributed by atoms with E-state index in [1.807, 2.05) is 24.5 Å². The van der Waals surface area contributed by atoms with Gasteiger partial charge in [0.05, 0.1) is 27.9 Å². The molecule has 4 heteroatoms. The first-order valence-corrected chi connectivity index (χ1v) is 13.3. The van der Waals surface area contributed by atoms with Crippen LogP contribution in [0.15, 0.2) is 116 Å². The summed E-state index contributed by atoms with van der Waals surface area (Å²) in [5, 5.41) is 9.49. The summed E-state index contributed by atoms with van der Waals surface area (Å²) in [5.74, 6) is 0.250. The van der Waals surface area contributed by atoms with E-state index in [0.717, 1.165) is 56.2 Å². The van der Waals surface area contributed by atoms with E-state index in [0.29, 0.717) is 0 Å². The number of fused-ring (bicyclic) bond motifs is 7. The zero-order chi connectivity index (χ0) is 25.8. The molecular weight excluding hydrogens is 476 g/mol. The van der Waals surface area contributed by atoms with Crippen molar-refractivity contribution in [3.63, 3.8) is 0 Å². The number of aromatic nitrogens is 3. The molecule has 0 spiro atoms. The molecule has 0 bridgehead atoms. The van der Waals surface area contributed by atoms with E-state index >= 15 is 0 Å². The van der Waals surface area contributed by atoms with Crippen LogP contribution in [-0.2, 0) is 0 Å². The highest BCUT2D eigenvalue weighted by molar-refractivity contribution is 6.03. The number of rotatable bonds is 2. The largest absolute Gasteiger partial charge is 0.382 e. The lowest BCUT2D eigenvalue weighted by molar-refractivity contribution is 0.899. The second-order valence-corrected chi connectivity index (χ2v) is 10.2. The number of anilines is 1. The van der Waals surface area contributed by atoms with E-state index in [4.69, 9.17) is 4.98 Å². The van der Waals surface area contributed by atoms with Crippen LogP contribution in [0.25, 0.3) is 60.8 Å². The minimum atomic E-state index is 0.250. The molecule has 0 fully saturated rings. The summed E-state index contributed by atoms with van der Waals surface area (Å²) in [6.07, 6.45) is 8.23. The van der Waals surface area contributed by atoms with E-state index in [9.17, 15) is 0 Å². The van der Waals surface area contributed by atoms with E-state index in [1.54, 1.807) is 0 Å². The molecule has 0 amide bonds. The minimum Gasteiger partial charge on any atom is -0.382 e. The lowest BCUT2D eigenvalue weighted by Crippen LogP contribution is -2.10. The maximum atomic E-state index is 5.06. The number of nitrogens with one attached hydrogen (secondary N) is 1. The van der Waals surface area contributed by atoms with Gasteiger partial charge in [0, 0.05) is 46.6 Å². The van der Waals surface area contributed by atoms with Crippen LogP contribution in [0.3, 0.4) is 0 Å². The van der Waals surface area contributed by atoms with Gasteiger partial charge < -0.3 is 5.32 Å². The Morgan fingerprint density at radius 1 is 0.615 bits per heavy atom. The molecule has 7 aromatic rings. The fourth-order valence-electron chi connectivity index (χ4n) is 5.75. The van der Waals surface area contributed by atoms with Gasteiger partial charge in [0.25, 0.3) is 0 Å². The van der Waals surface area contributed by atoms with Gasteiger partial charge in [0.2, 0.25) is 0 Å². The van der Waals surface area contributed by atoms with Crippen LogP contribution in [0.5, 0.6) is 0 Å². The van der Waals surface area contributed by atoms with Crippen LogP contribution < -0.4 is 5.32 Å². The quantitative estimate of drug-likeness (QED) is 0.242. The first-order chi connectivity index (χ1) is 19.3. The standard InChI is InChI=1S/C35H24N4/c1-3-23-7-9-25-11-14-29(21-38-33(25)32(23)36-17-1)27-12-5-22-6-13-28(20-30(22)19-27)31-16-15-26-10-8-24-4-2-18-37-34(24)35(26)39-31/h1-20,29,38H,21H2. The monoisotopic (exact) mass is 500 g/mol. The molecule has 0 saturated carbocycles. The van der Waals surface area contributed by atoms with Gasteiger partial charge in [-0.05, 0) is 46.2 Å². The fraction of sp³-hybridized carbons (Fsp3) is 0.0571. The summed E-state index contributed by atoms with van der Waals surface area (Å²) < 4.78 is 0. The number of hydrogen-bond donors (Lipinski definition) is 1. The molecular formula is C35H24N4. The molecule has 1 N–H and O–H groups in total. The maximum absolute atomic E-state index is 5.06. The Morgan fingerprint density at radius 2 is 1.33 bits per heavy atom. The molecule has 1 atom stereocenters. The van der Waals surface area contributed by atoms with Crippen molar-refractivity contribution in [2.45, 2.75) is 5.92 Å². The average molecular weight is 501 g/mol. The summed E-state index contributed by atoms with van der Waals surface area (Å²) in [4.78, 5) is 14.3. The van der Waals surface area contributed by atoms with Crippen LogP contribution in [0, 0.1) is 0 Å². The van der Waals surface area contributed by atoms with Gasteiger partial charge in [-0.2, -0.15) is 0 Å². The van der Waals surface area contributed by atoms with Gasteiger partial charge in [-0.25, -0.2) is 4.98 Å². The highest BCUT2D eigenvalue weighted by Gasteiger charge is 2.16. The molecule has 4 aromatic carbocycles. The lowest BCUT2D eigenvalue weighted by atomic mass is 9.94. The predicted molar refractivity (Wildman–Crippen MR) is 162 cm³/mol. The Kier molecular flexibility index (Phi) is 4.92. The van der Waals surface area contributed by atoms with E-state index in [2.05, 4.69) is 112 Å². The highest BCUT2D eigenvalue weighted by atomic mass is 14.9. The molecule has 1 unspecified atom stereocenters. The van der Waals surface area contributed by atoms with E-state index in [1.165, 1.54) is 21.9 Å². The van der Waals surface area contributed by atoms with Crippen molar-refractivity contribution in [1.29, 1.82) is 0 Å². The summed E-state index contributed by atoms with van der Waals surface area (Å²) in [5.41, 5.74) is 8.54. The van der Waals surface area contributed by atoms with Gasteiger partial charge in [0.15, 0.2) is 0 Å². The van der Waals surface area contributed by atoms with Crippen molar-refractivity contribution in [1.82, 2.24) is 15.0 Å². The normalized spacial score (nSPS) is 14.9. The topological polar surface area (TPSA) is 50.7 Å². The molecule has 3 aromatic heterocycles. The van der Waals surface area contributed by atoms with Crippen molar-refractivity contribution in [2.75, 3.05) is 11.9 Å². The van der Waals surface area contributed by atoms with Crippen LogP contribution >= 0.6 is 0 Å². The first-order valence-electron chi connectivity index (χ1n) is 13.3. The summed E-state index contributed by atoms with van der Waals surface area (Å²) in [6, 6.07) is 34.3. The molecule has 8 rings (SSSR count). The zero-order valence-electron chi connectivity index (χ0n) is 21.2. The highest BCUT2D eigenvalue weighted by Crippen LogP contribution is 2.34. The Morgan fingerprint density at radius 3 is 2.23 bits per heavy atom. The molecule has 1 aliphatic heterocycles. The summed E-state index contributed by atoms with van der Waals surface area (Å²) in [7, 11) is 0. The molecule has 0 radical (unpaired) electrons. The zero-order valence-corrected chi connectivity index (χ0v) is 21.2. The van der Waals surface area contributed by atoms with Gasteiger partial charge in [0.1, 0.15) is 0 Å². The second kappa shape index (κ2) is 8.74. The van der Waals surface area contributed by atoms with Crippen LogP contribution in [0.1, 0.15) is 17.0 Å². The van der Waals surface area contributed by atoms with Crippen LogP contribution in [0.4, 0.5) is 5.69 Å².